The number of hydrogen-bond acceptors (Lipinski definition) is 1. The van der Waals surface area contributed by atoms with Crippen LogP contribution < -0.4 is 0 Å². The standard InChI is InChI=1S/C9H16O/c1-2-8(1)5-6-10-7-9-3-4-9/h8-9H,1-7H2. The third-order valence-electron chi connectivity index (χ3n) is 2.42. The van der Waals surface area contributed by atoms with Crippen LogP contribution in [0.3, 0.4) is 0 Å². The Labute approximate surface area is 62.8 Å². The summed E-state index contributed by atoms with van der Waals surface area (Å²) in [5, 5.41) is 0. The highest BCUT2D eigenvalue weighted by atomic mass is 16.5. The summed E-state index contributed by atoms with van der Waals surface area (Å²) in [6.45, 7) is 2.08. The Morgan fingerprint density at radius 3 is 2.30 bits per heavy atom. The zero-order chi connectivity index (χ0) is 6.81. The van der Waals surface area contributed by atoms with Crippen LogP contribution in [0, 0.1) is 11.8 Å². The fourth-order valence-electron chi connectivity index (χ4n) is 1.19. The van der Waals surface area contributed by atoms with Crippen LogP contribution in [0.5, 0.6) is 0 Å². The molecule has 2 fully saturated rings. The van der Waals surface area contributed by atoms with Crippen molar-refractivity contribution >= 4 is 0 Å². The molecule has 2 saturated carbocycles. The maximum atomic E-state index is 5.51. The summed E-state index contributed by atoms with van der Waals surface area (Å²) in [5.41, 5.74) is 0. The van der Waals surface area contributed by atoms with E-state index in [4.69, 9.17) is 4.74 Å². The highest BCUT2D eigenvalue weighted by Gasteiger charge is 2.23. The molecule has 0 heterocycles. The van der Waals surface area contributed by atoms with Crippen LogP contribution in [-0.4, -0.2) is 13.2 Å². The van der Waals surface area contributed by atoms with Crippen LogP contribution in [-0.2, 0) is 4.74 Å². The Balaban J connectivity index is 1.40. The number of ether oxygens (including phenoxy) is 1. The van der Waals surface area contributed by atoms with E-state index in [0.717, 1.165) is 25.0 Å². The summed E-state index contributed by atoms with van der Waals surface area (Å²) in [7, 11) is 0. The molecule has 0 N–H and O–H groups in total. The molecule has 58 valence electrons. The molecular formula is C9H16O. The number of hydrogen-bond donors (Lipinski definition) is 0. The van der Waals surface area contributed by atoms with Gasteiger partial charge in [0.15, 0.2) is 0 Å². The van der Waals surface area contributed by atoms with Gasteiger partial charge in [-0.25, -0.2) is 0 Å². The molecule has 0 amide bonds. The molecule has 0 bridgehead atoms. The first kappa shape index (κ1) is 6.66. The summed E-state index contributed by atoms with van der Waals surface area (Å²) in [5.74, 6) is 1.98. The SMILES string of the molecule is C(CC1CC1)OCC1CC1. The lowest BCUT2D eigenvalue weighted by molar-refractivity contribution is 0.119. The molecule has 0 spiro atoms. The zero-order valence-corrected chi connectivity index (χ0v) is 6.51. The van der Waals surface area contributed by atoms with Crippen molar-refractivity contribution in [2.24, 2.45) is 11.8 Å². The van der Waals surface area contributed by atoms with Gasteiger partial charge in [0.1, 0.15) is 0 Å². The first-order valence-corrected chi connectivity index (χ1v) is 4.53. The molecule has 2 aliphatic carbocycles. The Bertz CT molecular complexity index is 89.3. The molecule has 1 nitrogen and oxygen atoms in total. The average Bonchev–Trinajstić information content (AvgIpc) is 2.77. The quantitative estimate of drug-likeness (QED) is 0.532. The van der Waals surface area contributed by atoms with E-state index >= 15 is 0 Å². The van der Waals surface area contributed by atoms with Crippen molar-refractivity contribution < 1.29 is 4.74 Å². The molecule has 2 aliphatic rings. The smallest absolute Gasteiger partial charge is 0.0494 e. The highest BCUT2D eigenvalue weighted by molar-refractivity contribution is 4.74. The Morgan fingerprint density at radius 2 is 1.70 bits per heavy atom. The van der Waals surface area contributed by atoms with Gasteiger partial charge in [-0.15, -0.1) is 0 Å². The molecule has 10 heavy (non-hydrogen) atoms. The van der Waals surface area contributed by atoms with E-state index in [-0.39, 0.29) is 0 Å². The molecule has 0 aliphatic heterocycles. The maximum absolute atomic E-state index is 5.51. The van der Waals surface area contributed by atoms with Crippen LogP contribution in [0.15, 0.2) is 0 Å². The van der Waals surface area contributed by atoms with Crippen molar-refractivity contribution in [3.8, 4) is 0 Å². The summed E-state index contributed by atoms with van der Waals surface area (Å²) >= 11 is 0. The fourth-order valence-corrected chi connectivity index (χ4v) is 1.19. The normalized spacial score (nSPS) is 25.2. The zero-order valence-electron chi connectivity index (χ0n) is 6.51. The van der Waals surface area contributed by atoms with Gasteiger partial charge in [0.05, 0.1) is 0 Å². The largest absolute Gasteiger partial charge is 0.381 e. The van der Waals surface area contributed by atoms with E-state index in [9.17, 15) is 0 Å². The lowest BCUT2D eigenvalue weighted by atomic mass is 10.3. The first-order valence-electron chi connectivity index (χ1n) is 4.53. The summed E-state index contributed by atoms with van der Waals surface area (Å²) in [6.07, 6.45) is 7.10. The van der Waals surface area contributed by atoms with Crippen LogP contribution in [0.25, 0.3) is 0 Å². The molecule has 0 aromatic carbocycles. The second-order valence-electron chi connectivity index (χ2n) is 3.75. The maximum Gasteiger partial charge on any atom is 0.0494 e. The molecule has 0 saturated heterocycles. The van der Waals surface area contributed by atoms with Gasteiger partial charge in [0.25, 0.3) is 0 Å². The lowest BCUT2D eigenvalue weighted by Gasteiger charge is -2.00. The van der Waals surface area contributed by atoms with Crippen molar-refractivity contribution in [1.82, 2.24) is 0 Å². The summed E-state index contributed by atoms with van der Waals surface area (Å²) in [6, 6.07) is 0. The van der Waals surface area contributed by atoms with Crippen LogP contribution in [0.2, 0.25) is 0 Å². The van der Waals surface area contributed by atoms with E-state index in [1.54, 1.807) is 0 Å². The van der Waals surface area contributed by atoms with Gasteiger partial charge in [0, 0.05) is 13.2 Å². The molecular weight excluding hydrogens is 124 g/mol. The lowest BCUT2D eigenvalue weighted by Crippen LogP contribution is -1.98. The third kappa shape index (κ3) is 2.30. The minimum Gasteiger partial charge on any atom is -0.381 e. The predicted octanol–water partition coefficient (Wildman–Crippen LogP) is 2.21. The highest BCUT2D eigenvalue weighted by Crippen LogP contribution is 2.33. The van der Waals surface area contributed by atoms with Gasteiger partial charge in [0.2, 0.25) is 0 Å². The van der Waals surface area contributed by atoms with Gasteiger partial charge in [-0.2, -0.15) is 0 Å². The van der Waals surface area contributed by atoms with Gasteiger partial charge < -0.3 is 4.74 Å². The van der Waals surface area contributed by atoms with E-state index in [1.807, 2.05) is 0 Å². The van der Waals surface area contributed by atoms with Crippen molar-refractivity contribution in [1.29, 1.82) is 0 Å². The second-order valence-corrected chi connectivity index (χ2v) is 3.75. The second kappa shape index (κ2) is 2.91. The molecule has 0 atom stereocenters. The Hall–Kier alpha value is -0.0400. The molecule has 0 aromatic heterocycles. The molecule has 0 unspecified atom stereocenters. The van der Waals surface area contributed by atoms with E-state index in [2.05, 4.69) is 0 Å². The van der Waals surface area contributed by atoms with E-state index < -0.39 is 0 Å². The van der Waals surface area contributed by atoms with Gasteiger partial charge >= 0.3 is 0 Å². The minimum absolute atomic E-state index is 0.944. The monoisotopic (exact) mass is 140 g/mol. The molecule has 2 rings (SSSR count). The van der Waals surface area contributed by atoms with E-state index in [1.165, 1.54) is 32.1 Å². The Morgan fingerprint density at radius 1 is 1.00 bits per heavy atom. The van der Waals surface area contributed by atoms with Gasteiger partial charge in [-0.05, 0) is 31.1 Å². The van der Waals surface area contributed by atoms with Crippen molar-refractivity contribution in [2.45, 2.75) is 32.1 Å². The molecule has 0 radical (unpaired) electrons. The van der Waals surface area contributed by atoms with Crippen molar-refractivity contribution in [3.05, 3.63) is 0 Å². The predicted molar refractivity (Wildman–Crippen MR) is 40.9 cm³/mol. The van der Waals surface area contributed by atoms with Crippen molar-refractivity contribution in [2.75, 3.05) is 13.2 Å². The van der Waals surface area contributed by atoms with Gasteiger partial charge in [-0.3, -0.25) is 0 Å². The van der Waals surface area contributed by atoms with Crippen LogP contribution >= 0.6 is 0 Å². The third-order valence-corrected chi connectivity index (χ3v) is 2.42. The van der Waals surface area contributed by atoms with Crippen LogP contribution in [0.1, 0.15) is 32.1 Å². The van der Waals surface area contributed by atoms with Crippen molar-refractivity contribution in [3.63, 3.8) is 0 Å². The van der Waals surface area contributed by atoms with Gasteiger partial charge in [-0.1, -0.05) is 12.8 Å². The average molecular weight is 140 g/mol. The summed E-state index contributed by atoms with van der Waals surface area (Å²) in [4.78, 5) is 0. The molecule has 0 aromatic rings. The topological polar surface area (TPSA) is 9.23 Å². The minimum atomic E-state index is 0.944. The molecule has 1 heteroatoms. The van der Waals surface area contributed by atoms with Crippen LogP contribution in [0.4, 0.5) is 0 Å². The van der Waals surface area contributed by atoms with E-state index in [0.29, 0.717) is 0 Å². The summed E-state index contributed by atoms with van der Waals surface area (Å²) < 4.78 is 5.51. The number of rotatable bonds is 5. The first-order chi connectivity index (χ1) is 4.95. The Kier molecular flexibility index (Phi) is 1.94. The fraction of sp³-hybridized carbons (Fsp3) is 1.00.